The predicted octanol–water partition coefficient (Wildman–Crippen LogP) is 2.13. The van der Waals surface area contributed by atoms with Crippen LogP contribution in [-0.2, 0) is 6.42 Å². The Morgan fingerprint density at radius 2 is 2.05 bits per heavy atom. The van der Waals surface area contributed by atoms with Crippen LogP contribution in [0, 0.1) is 0 Å². The molecule has 0 spiro atoms. The van der Waals surface area contributed by atoms with Gasteiger partial charge in [0, 0.05) is 37.6 Å². The number of hydrogen-bond donors (Lipinski definition) is 1. The van der Waals surface area contributed by atoms with Gasteiger partial charge in [-0.25, -0.2) is 4.98 Å². The van der Waals surface area contributed by atoms with E-state index in [4.69, 9.17) is 5.73 Å². The van der Waals surface area contributed by atoms with Crippen molar-refractivity contribution < 1.29 is 0 Å². The molecule has 2 rings (SSSR count). The van der Waals surface area contributed by atoms with E-state index in [1.165, 1.54) is 32.4 Å². The normalized spacial score (nSPS) is 17.1. The molecule has 1 aliphatic heterocycles. The van der Waals surface area contributed by atoms with E-state index < -0.39 is 0 Å². The van der Waals surface area contributed by atoms with Crippen LogP contribution in [-0.4, -0.2) is 53.5 Å². The minimum absolute atomic E-state index is 0.824. The van der Waals surface area contributed by atoms with Crippen molar-refractivity contribution >= 4 is 16.7 Å². The van der Waals surface area contributed by atoms with Gasteiger partial charge in [-0.1, -0.05) is 13.3 Å². The van der Waals surface area contributed by atoms with Crippen molar-refractivity contribution in [3.8, 4) is 0 Å². The van der Waals surface area contributed by atoms with E-state index >= 15 is 0 Å². The van der Waals surface area contributed by atoms with Crippen LogP contribution in [0.15, 0.2) is 0 Å². The molecule has 0 unspecified atom stereocenters. The highest BCUT2D eigenvalue weighted by molar-refractivity contribution is 7.09. The molecule has 6 heteroatoms. The molecule has 0 aliphatic carbocycles. The zero-order chi connectivity index (χ0) is 14.9. The van der Waals surface area contributed by atoms with Crippen molar-refractivity contribution in [2.24, 2.45) is 5.73 Å². The van der Waals surface area contributed by atoms with Crippen molar-refractivity contribution in [2.45, 2.75) is 45.4 Å². The van der Waals surface area contributed by atoms with Gasteiger partial charge in [0.15, 0.2) is 0 Å². The third-order valence-corrected chi connectivity index (χ3v) is 4.78. The highest BCUT2D eigenvalue weighted by atomic mass is 32.1. The van der Waals surface area contributed by atoms with Crippen LogP contribution in [0.5, 0.6) is 0 Å². The maximum absolute atomic E-state index is 5.55. The Kier molecular flexibility index (Phi) is 7.39. The van der Waals surface area contributed by atoms with Crippen molar-refractivity contribution in [3.05, 3.63) is 5.82 Å². The van der Waals surface area contributed by atoms with E-state index in [0.717, 1.165) is 56.4 Å². The molecule has 0 saturated carbocycles. The van der Waals surface area contributed by atoms with Crippen molar-refractivity contribution in [1.82, 2.24) is 14.3 Å². The molecule has 2 heterocycles. The number of aromatic nitrogens is 2. The molecular weight excluding hydrogens is 282 g/mol. The van der Waals surface area contributed by atoms with Gasteiger partial charge in [0.2, 0.25) is 5.13 Å². The summed E-state index contributed by atoms with van der Waals surface area (Å²) >= 11 is 1.56. The first-order chi connectivity index (χ1) is 10.3. The van der Waals surface area contributed by atoms with Gasteiger partial charge in [0.1, 0.15) is 5.82 Å². The predicted molar refractivity (Wildman–Crippen MR) is 90.1 cm³/mol. The molecule has 120 valence electrons. The van der Waals surface area contributed by atoms with Crippen molar-refractivity contribution in [3.63, 3.8) is 0 Å². The standard InChI is InChI=1S/C15H29N5S/c1-2-7-14-17-15(21-18-14)20-11-6-10-19(12-13-20)9-5-3-4-8-16/h2-13,16H2,1H3. The Morgan fingerprint density at radius 1 is 1.14 bits per heavy atom. The quantitative estimate of drug-likeness (QED) is 0.745. The van der Waals surface area contributed by atoms with E-state index in [-0.39, 0.29) is 0 Å². The molecule has 21 heavy (non-hydrogen) atoms. The van der Waals surface area contributed by atoms with Crippen LogP contribution in [0.3, 0.4) is 0 Å². The number of nitrogens with zero attached hydrogens (tertiary/aromatic N) is 4. The summed E-state index contributed by atoms with van der Waals surface area (Å²) in [5.74, 6) is 1.01. The van der Waals surface area contributed by atoms with Crippen molar-refractivity contribution in [2.75, 3.05) is 44.2 Å². The molecule has 1 saturated heterocycles. The van der Waals surface area contributed by atoms with E-state index in [2.05, 4.69) is 26.1 Å². The maximum atomic E-state index is 5.55. The molecule has 5 nitrogen and oxygen atoms in total. The average molecular weight is 311 g/mol. The molecule has 1 fully saturated rings. The zero-order valence-corrected chi connectivity index (χ0v) is 14.1. The second-order valence-electron chi connectivity index (χ2n) is 5.77. The first kappa shape index (κ1) is 16.6. The van der Waals surface area contributed by atoms with Crippen LogP contribution in [0.4, 0.5) is 5.13 Å². The van der Waals surface area contributed by atoms with Crippen LogP contribution in [0.25, 0.3) is 0 Å². The number of unbranched alkanes of at least 4 members (excludes halogenated alkanes) is 2. The third-order valence-electron chi connectivity index (χ3n) is 3.97. The summed E-state index contributed by atoms with van der Waals surface area (Å²) in [6.45, 7) is 8.76. The molecule has 0 radical (unpaired) electrons. The lowest BCUT2D eigenvalue weighted by Crippen LogP contribution is -2.31. The maximum Gasteiger partial charge on any atom is 0.205 e. The SMILES string of the molecule is CCCc1nsc(N2CCCN(CCCCCN)CC2)n1. The van der Waals surface area contributed by atoms with Gasteiger partial charge in [0.05, 0.1) is 0 Å². The fourth-order valence-electron chi connectivity index (χ4n) is 2.74. The van der Waals surface area contributed by atoms with Crippen molar-refractivity contribution in [1.29, 1.82) is 0 Å². The summed E-state index contributed by atoms with van der Waals surface area (Å²) in [4.78, 5) is 9.68. The Bertz CT molecular complexity index is 395. The van der Waals surface area contributed by atoms with Gasteiger partial charge in [0.25, 0.3) is 0 Å². The Balaban J connectivity index is 1.77. The highest BCUT2D eigenvalue weighted by Gasteiger charge is 2.17. The van der Waals surface area contributed by atoms with E-state index in [1.54, 1.807) is 11.5 Å². The molecule has 1 aromatic rings. The number of hydrogen-bond acceptors (Lipinski definition) is 6. The fraction of sp³-hybridized carbons (Fsp3) is 0.867. The van der Waals surface area contributed by atoms with E-state index in [1.807, 2.05) is 0 Å². The lowest BCUT2D eigenvalue weighted by Gasteiger charge is -2.21. The lowest BCUT2D eigenvalue weighted by atomic mass is 10.2. The molecular formula is C15H29N5S. The second kappa shape index (κ2) is 9.33. The fourth-order valence-corrected chi connectivity index (χ4v) is 3.50. The van der Waals surface area contributed by atoms with Gasteiger partial charge < -0.3 is 15.5 Å². The lowest BCUT2D eigenvalue weighted by molar-refractivity contribution is 0.286. The van der Waals surface area contributed by atoms with Crippen LogP contribution >= 0.6 is 11.5 Å². The van der Waals surface area contributed by atoms with E-state index in [0.29, 0.717) is 0 Å². The summed E-state index contributed by atoms with van der Waals surface area (Å²) in [5, 5.41) is 1.11. The minimum Gasteiger partial charge on any atom is -0.346 e. The molecule has 1 aliphatic rings. The summed E-state index contributed by atoms with van der Waals surface area (Å²) in [5.41, 5.74) is 5.55. The Labute approximate surface area is 132 Å². The van der Waals surface area contributed by atoms with Gasteiger partial charge >= 0.3 is 0 Å². The number of anilines is 1. The molecule has 2 N–H and O–H groups in total. The first-order valence-electron chi connectivity index (χ1n) is 8.33. The number of rotatable bonds is 8. The summed E-state index contributed by atoms with van der Waals surface area (Å²) in [7, 11) is 0. The van der Waals surface area contributed by atoms with Gasteiger partial charge in [-0.2, -0.15) is 4.37 Å². The van der Waals surface area contributed by atoms with E-state index in [9.17, 15) is 0 Å². The Hall–Kier alpha value is -0.720. The average Bonchev–Trinajstić information content (AvgIpc) is 2.82. The molecule has 0 aromatic carbocycles. The summed E-state index contributed by atoms with van der Waals surface area (Å²) < 4.78 is 4.46. The molecule has 0 atom stereocenters. The summed E-state index contributed by atoms with van der Waals surface area (Å²) in [6.07, 6.45) is 7.03. The monoisotopic (exact) mass is 311 g/mol. The third kappa shape index (κ3) is 5.52. The molecule has 0 bridgehead atoms. The topological polar surface area (TPSA) is 58.3 Å². The minimum atomic E-state index is 0.824. The van der Waals surface area contributed by atoms with Crippen LogP contribution in [0.1, 0.15) is 44.9 Å². The van der Waals surface area contributed by atoms with Gasteiger partial charge in [-0.3, -0.25) is 0 Å². The molecule has 1 aromatic heterocycles. The smallest absolute Gasteiger partial charge is 0.205 e. The Morgan fingerprint density at radius 3 is 2.86 bits per heavy atom. The molecule has 0 amide bonds. The first-order valence-corrected chi connectivity index (χ1v) is 9.10. The zero-order valence-electron chi connectivity index (χ0n) is 13.3. The number of aryl methyl sites for hydroxylation is 1. The summed E-state index contributed by atoms with van der Waals surface area (Å²) in [6, 6.07) is 0. The van der Waals surface area contributed by atoms with Gasteiger partial charge in [-0.05, 0) is 45.3 Å². The largest absolute Gasteiger partial charge is 0.346 e. The highest BCUT2D eigenvalue weighted by Crippen LogP contribution is 2.19. The van der Waals surface area contributed by atoms with Gasteiger partial charge in [-0.15, -0.1) is 0 Å². The van der Waals surface area contributed by atoms with Crippen LogP contribution in [0.2, 0.25) is 0 Å². The second-order valence-corrected chi connectivity index (χ2v) is 6.51. The van der Waals surface area contributed by atoms with Crippen LogP contribution < -0.4 is 10.6 Å². The number of nitrogens with two attached hydrogens (primary N) is 1.